The molecule has 1 saturated heterocycles. The second-order valence-corrected chi connectivity index (χ2v) is 5.61. The number of rotatable bonds is 6. The summed E-state index contributed by atoms with van der Waals surface area (Å²) >= 11 is 0. The van der Waals surface area contributed by atoms with Gasteiger partial charge < -0.3 is 10.6 Å². The highest BCUT2D eigenvalue weighted by Crippen LogP contribution is 2.10. The Morgan fingerprint density at radius 1 is 1.35 bits per heavy atom. The molecule has 1 aliphatic heterocycles. The number of carbonyl (C=O) groups excluding carboxylic acids is 2. The van der Waals surface area contributed by atoms with Gasteiger partial charge in [-0.05, 0) is 33.2 Å². The average molecular weight is 284 g/mol. The van der Waals surface area contributed by atoms with E-state index in [0.717, 1.165) is 13.1 Å². The van der Waals surface area contributed by atoms with E-state index in [0.29, 0.717) is 25.0 Å². The molecule has 6 heteroatoms. The highest BCUT2D eigenvalue weighted by Gasteiger charge is 2.19. The van der Waals surface area contributed by atoms with Crippen LogP contribution in [0.25, 0.3) is 0 Å². The fourth-order valence-electron chi connectivity index (χ4n) is 2.42. The third-order valence-electron chi connectivity index (χ3n) is 3.70. The maximum atomic E-state index is 11.6. The van der Waals surface area contributed by atoms with E-state index in [1.807, 2.05) is 0 Å². The molecule has 0 saturated carbocycles. The number of hydrogen-bond donors (Lipinski definition) is 3. The van der Waals surface area contributed by atoms with Crippen molar-refractivity contribution in [2.45, 2.75) is 51.6 Å². The van der Waals surface area contributed by atoms with Crippen molar-refractivity contribution in [1.29, 1.82) is 0 Å². The molecule has 116 valence electrons. The molecule has 1 aliphatic rings. The van der Waals surface area contributed by atoms with Gasteiger partial charge in [0.05, 0.1) is 0 Å². The van der Waals surface area contributed by atoms with Crippen LogP contribution in [0.15, 0.2) is 0 Å². The van der Waals surface area contributed by atoms with E-state index in [-0.39, 0.29) is 5.91 Å². The zero-order chi connectivity index (χ0) is 15.0. The van der Waals surface area contributed by atoms with Gasteiger partial charge in [-0.1, -0.05) is 6.42 Å². The minimum atomic E-state index is -0.444. The quantitative estimate of drug-likeness (QED) is 0.671. The second kappa shape index (κ2) is 8.92. The zero-order valence-corrected chi connectivity index (χ0v) is 12.9. The van der Waals surface area contributed by atoms with Crippen molar-refractivity contribution < 1.29 is 9.59 Å². The predicted molar refractivity (Wildman–Crippen MR) is 79.6 cm³/mol. The Kier molecular flexibility index (Phi) is 7.54. The number of piperidine rings is 1. The molecule has 0 aromatic rings. The number of urea groups is 1. The Balaban J connectivity index is 2.34. The smallest absolute Gasteiger partial charge is 0.321 e. The SMILES string of the molecule is CNC(=O)NC(=O)CCN(CC1CCCCN1)C(C)C. The summed E-state index contributed by atoms with van der Waals surface area (Å²) in [7, 11) is 1.50. The molecule has 20 heavy (non-hydrogen) atoms. The summed E-state index contributed by atoms with van der Waals surface area (Å²) < 4.78 is 0. The number of hydrogen-bond acceptors (Lipinski definition) is 4. The molecular formula is C14H28N4O2. The lowest BCUT2D eigenvalue weighted by atomic mass is 10.0. The van der Waals surface area contributed by atoms with Gasteiger partial charge in [-0.2, -0.15) is 0 Å². The Morgan fingerprint density at radius 3 is 2.65 bits per heavy atom. The first-order valence-corrected chi connectivity index (χ1v) is 7.52. The first-order chi connectivity index (χ1) is 9.52. The summed E-state index contributed by atoms with van der Waals surface area (Å²) in [4.78, 5) is 25.0. The van der Waals surface area contributed by atoms with Gasteiger partial charge in [0, 0.05) is 38.6 Å². The molecule has 0 radical (unpaired) electrons. The minimum Gasteiger partial charge on any atom is -0.341 e. The molecule has 6 nitrogen and oxygen atoms in total. The van der Waals surface area contributed by atoms with E-state index in [4.69, 9.17) is 0 Å². The van der Waals surface area contributed by atoms with Gasteiger partial charge in [-0.25, -0.2) is 4.79 Å². The highest BCUT2D eigenvalue weighted by atomic mass is 16.2. The summed E-state index contributed by atoms with van der Waals surface area (Å²) in [5, 5.41) is 8.20. The molecule has 3 amide bonds. The van der Waals surface area contributed by atoms with Crippen molar-refractivity contribution in [2.75, 3.05) is 26.7 Å². The summed E-state index contributed by atoms with van der Waals surface area (Å²) in [6.45, 7) is 7.01. The van der Waals surface area contributed by atoms with Crippen LogP contribution in [0.3, 0.4) is 0 Å². The molecule has 0 aromatic carbocycles. The summed E-state index contributed by atoms with van der Waals surface area (Å²) in [6, 6.07) is 0.472. The van der Waals surface area contributed by atoms with E-state index >= 15 is 0 Å². The monoisotopic (exact) mass is 284 g/mol. The molecule has 1 heterocycles. The van der Waals surface area contributed by atoms with Crippen molar-refractivity contribution in [2.24, 2.45) is 0 Å². The van der Waals surface area contributed by atoms with Gasteiger partial charge in [-0.15, -0.1) is 0 Å². The normalized spacial score (nSPS) is 19.1. The van der Waals surface area contributed by atoms with Crippen molar-refractivity contribution in [3.63, 3.8) is 0 Å². The van der Waals surface area contributed by atoms with Crippen LogP contribution in [0.4, 0.5) is 4.79 Å². The third-order valence-corrected chi connectivity index (χ3v) is 3.70. The molecule has 0 aliphatic carbocycles. The Labute approximate surface area is 121 Å². The van der Waals surface area contributed by atoms with E-state index in [2.05, 4.69) is 34.7 Å². The average Bonchev–Trinajstić information content (AvgIpc) is 2.44. The van der Waals surface area contributed by atoms with Crippen LogP contribution in [0.5, 0.6) is 0 Å². The Bertz CT molecular complexity index is 314. The number of amides is 3. The molecule has 0 aromatic heterocycles. The summed E-state index contributed by atoms with van der Waals surface area (Å²) in [6.07, 6.45) is 4.08. The number of imide groups is 1. The van der Waals surface area contributed by atoms with Crippen LogP contribution in [0, 0.1) is 0 Å². The van der Waals surface area contributed by atoms with E-state index < -0.39 is 6.03 Å². The van der Waals surface area contributed by atoms with Crippen LogP contribution < -0.4 is 16.0 Å². The van der Waals surface area contributed by atoms with Gasteiger partial charge in [0.25, 0.3) is 0 Å². The third kappa shape index (κ3) is 6.34. The van der Waals surface area contributed by atoms with Gasteiger partial charge in [-0.3, -0.25) is 15.0 Å². The summed E-state index contributed by atoms with van der Waals surface area (Å²) in [5.41, 5.74) is 0. The Hall–Kier alpha value is -1.14. The molecule has 1 rings (SSSR count). The lowest BCUT2D eigenvalue weighted by Gasteiger charge is -2.33. The summed E-state index contributed by atoms with van der Waals surface area (Å²) in [5.74, 6) is -0.230. The first-order valence-electron chi connectivity index (χ1n) is 7.52. The van der Waals surface area contributed by atoms with Gasteiger partial charge >= 0.3 is 6.03 Å². The number of nitrogens with zero attached hydrogens (tertiary/aromatic N) is 1. The van der Waals surface area contributed by atoms with Crippen molar-refractivity contribution >= 4 is 11.9 Å². The zero-order valence-electron chi connectivity index (χ0n) is 12.9. The molecular weight excluding hydrogens is 256 g/mol. The number of carbonyl (C=O) groups is 2. The molecule has 1 fully saturated rings. The van der Waals surface area contributed by atoms with E-state index in [1.54, 1.807) is 0 Å². The predicted octanol–water partition coefficient (Wildman–Crippen LogP) is 0.685. The standard InChI is InChI=1S/C14H28N4O2/c1-11(2)18(10-12-6-4-5-8-16-12)9-7-13(19)17-14(20)15-3/h11-12,16H,4-10H2,1-3H3,(H2,15,17,19,20). The van der Waals surface area contributed by atoms with Crippen LogP contribution in [0.2, 0.25) is 0 Å². The molecule has 1 atom stereocenters. The van der Waals surface area contributed by atoms with Crippen molar-refractivity contribution in [1.82, 2.24) is 20.9 Å². The topological polar surface area (TPSA) is 73.5 Å². The highest BCUT2D eigenvalue weighted by molar-refractivity contribution is 5.94. The van der Waals surface area contributed by atoms with Crippen LogP contribution in [0.1, 0.15) is 39.5 Å². The lowest BCUT2D eigenvalue weighted by Crippen LogP contribution is -2.47. The van der Waals surface area contributed by atoms with Gasteiger partial charge in [0.2, 0.25) is 5.91 Å². The molecule has 0 spiro atoms. The van der Waals surface area contributed by atoms with Crippen LogP contribution in [-0.4, -0.2) is 55.6 Å². The number of nitrogens with one attached hydrogen (secondary N) is 3. The molecule has 1 unspecified atom stereocenters. The van der Waals surface area contributed by atoms with Crippen LogP contribution in [-0.2, 0) is 4.79 Å². The van der Waals surface area contributed by atoms with Crippen molar-refractivity contribution in [3.05, 3.63) is 0 Å². The fourth-order valence-corrected chi connectivity index (χ4v) is 2.42. The van der Waals surface area contributed by atoms with E-state index in [9.17, 15) is 9.59 Å². The van der Waals surface area contributed by atoms with Crippen molar-refractivity contribution in [3.8, 4) is 0 Å². The minimum absolute atomic E-state index is 0.230. The second-order valence-electron chi connectivity index (χ2n) is 5.61. The van der Waals surface area contributed by atoms with Gasteiger partial charge in [0.1, 0.15) is 0 Å². The lowest BCUT2D eigenvalue weighted by molar-refractivity contribution is -0.120. The molecule has 3 N–H and O–H groups in total. The fraction of sp³-hybridized carbons (Fsp3) is 0.857. The first kappa shape index (κ1) is 16.9. The van der Waals surface area contributed by atoms with Gasteiger partial charge in [0.15, 0.2) is 0 Å². The maximum absolute atomic E-state index is 11.6. The van der Waals surface area contributed by atoms with E-state index in [1.165, 1.54) is 26.3 Å². The molecule has 0 bridgehead atoms. The Morgan fingerprint density at radius 2 is 2.10 bits per heavy atom. The maximum Gasteiger partial charge on any atom is 0.321 e. The van der Waals surface area contributed by atoms with Crippen LogP contribution >= 0.6 is 0 Å². The largest absolute Gasteiger partial charge is 0.341 e.